The van der Waals surface area contributed by atoms with Gasteiger partial charge in [-0.3, -0.25) is 0 Å². The lowest BCUT2D eigenvalue weighted by atomic mass is 9.82. The van der Waals surface area contributed by atoms with Crippen LogP contribution in [0.15, 0.2) is 235 Å². The van der Waals surface area contributed by atoms with Crippen molar-refractivity contribution in [1.29, 1.82) is 0 Å². The van der Waals surface area contributed by atoms with E-state index in [1.54, 1.807) is 0 Å². The maximum atomic E-state index is 6.93. The molecule has 5 heteroatoms. The molecule has 3 atom stereocenters. The van der Waals surface area contributed by atoms with Crippen molar-refractivity contribution in [1.82, 2.24) is 19.5 Å². The smallest absolute Gasteiger partial charge is 0.164 e. The molecule has 0 bridgehead atoms. The van der Waals surface area contributed by atoms with Crippen molar-refractivity contribution in [2.45, 2.75) is 31.6 Å². The van der Waals surface area contributed by atoms with Gasteiger partial charge in [0.1, 0.15) is 11.2 Å². The molecule has 0 fully saturated rings. The van der Waals surface area contributed by atoms with Crippen molar-refractivity contribution in [2.75, 3.05) is 0 Å². The topological polar surface area (TPSA) is 56.7 Å². The zero-order valence-electron chi connectivity index (χ0n) is 40.8. The molecule has 15 rings (SSSR count). The number of para-hydroxylation sites is 3. The van der Waals surface area contributed by atoms with Gasteiger partial charge in [0.15, 0.2) is 17.5 Å². The predicted octanol–water partition coefficient (Wildman–Crippen LogP) is 17.6. The fraction of sp³-hybridized carbons (Fsp3) is 0.0870. The number of fused-ring (bicyclic) bond motifs is 12. The second-order valence-corrected chi connectivity index (χ2v) is 20.2. The van der Waals surface area contributed by atoms with E-state index in [2.05, 4.69) is 242 Å². The largest absolute Gasteiger partial charge is 0.456 e. The Balaban J connectivity index is 0.984. The van der Waals surface area contributed by atoms with E-state index < -0.39 is 0 Å². The molecule has 2 aliphatic carbocycles. The lowest BCUT2D eigenvalue weighted by Crippen LogP contribution is -2.11. The van der Waals surface area contributed by atoms with Crippen molar-refractivity contribution in [2.24, 2.45) is 5.92 Å². The fourth-order valence-electron chi connectivity index (χ4n) is 12.5. The number of hydrogen-bond donors (Lipinski definition) is 0. The van der Waals surface area contributed by atoms with Crippen LogP contribution >= 0.6 is 0 Å². The predicted molar refractivity (Wildman–Crippen MR) is 305 cm³/mol. The number of furan rings is 1. The monoisotopic (exact) mass is 948 g/mol. The van der Waals surface area contributed by atoms with Gasteiger partial charge in [-0.15, -0.1) is 0 Å². The highest BCUT2D eigenvalue weighted by Crippen LogP contribution is 2.49. The maximum Gasteiger partial charge on any atom is 0.164 e. The van der Waals surface area contributed by atoms with E-state index in [0.29, 0.717) is 17.5 Å². The van der Waals surface area contributed by atoms with Gasteiger partial charge < -0.3 is 8.98 Å². The van der Waals surface area contributed by atoms with Crippen molar-refractivity contribution < 1.29 is 4.42 Å². The highest BCUT2D eigenvalue weighted by Gasteiger charge is 2.30. The summed E-state index contributed by atoms with van der Waals surface area (Å²) in [7, 11) is 0. The molecule has 0 saturated carbocycles. The van der Waals surface area contributed by atoms with Crippen LogP contribution in [0.2, 0.25) is 0 Å². The third-order valence-corrected chi connectivity index (χ3v) is 15.9. The van der Waals surface area contributed by atoms with Gasteiger partial charge in [-0.25, -0.2) is 15.0 Å². The van der Waals surface area contributed by atoms with Gasteiger partial charge in [0.25, 0.3) is 0 Å². The number of aromatic nitrogens is 4. The van der Waals surface area contributed by atoms with Crippen LogP contribution in [0.5, 0.6) is 0 Å². The maximum absolute atomic E-state index is 6.93. The molecule has 0 spiro atoms. The molecule has 0 saturated heterocycles. The zero-order chi connectivity index (χ0) is 48.9. The zero-order valence-corrected chi connectivity index (χ0v) is 40.8. The first kappa shape index (κ1) is 42.5. The van der Waals surface area contributed by atoms with Gasteiger partial charge in [0.2, 0.25) is 0 Å². The molecule has 3 unspecified atom stereocenters. The van der Waals surface area contributed by atoms with Crippen LogP contribution in [-0.2, 0) is 6.42 Å². The Bertz CT molecular complexity index is 4470. The van der Waals surface area contributed by atoms with E-state index >= 15 is 0 Å². The third-order valence-electron chi connectivity index (χ3n) is 15.9. The number of hydrogen-bond acceptors (Lipinski definition) is 4. The summed E-state index contributed by atoms with van der Waals surface area (Å²) in [6, 6.07) is 76.8. The van der Waals surface area contributed by atoms with Crippen LogP contribution in [0.1, 0.15) is 53.3 Å². The minimum Gasteiger partial charge on any atom is -0.456 e. The van der Waals surface area contributed by atoms with E-state index in [1.807, 2.05) is 0 Å². The van der Waals surface area contributed by atoms with Crippen LogP contribution in [0.4, 0.5) is 0 Å². The molecule has 74 heavy (non-hydrogen) atoms. The van der Waals surface area contributed by atoms with Crippen LogP contribution < -0.4 is 0 Å². The summed E-state index contributed by atoms with van der Waals surface area (Å²) in [5.74, 6) is 2.36. The van der Waals surface area contributed by atoms with Gasteiger partial charge in [-0.2, -0.15) is 0 Å². The van der Waals surface area contributed by atoms with Crippen molar-refractivity contribution in [3.63, 3.8) is 0 Å². The molecular weight excluding hydrogens is 901 g/mol. The minimum absolute atomic E-state index is 0.0416. The van der Waals surface area contributed by atoms with E-state index in [1.165, 1.54) is 54.9 Å². The lowest BCUT2D eigenvalue weighted by Gasteiger charge is -2.23. The summed E-state index contributed by atoms with van der Waals surface area (Å²) >= 11 is 0. The molecular formula is C69H48N4O. The molecule has 10 aromatic carbocycles. The quantitative estimate of drug-likeness (QED) is 0.167. The summed E-state index contributed by atoms with van der Waals surface area (Å²) < 4.78 is 9.29. The Morgan fingerprint density at radius 3 is 1.99 bits per heavy atom. The Morgan fingerprint density at radius 2 is 1.16 bits per heavy atom. The van der Waals surface area contributed by atoms with Crippen molar-refractivity contribution >= 4 is 70.9 Å². The summed E-state index contributed by atoms with van der Waals surface area (Å²) in [4.78, 5) is 16.7. The normalized spacial score (nSPS) is 16.5. The number of benzene rings is 10. The van der Waals surface area contributed by atoms with Crippen molar-refractivity contribution in [3.05, 3.63) is 259 Å². The summed E-state index contributed by atoms with van der Waals surface area (Å²) in [6.45, 7) is 2.29. The average molecular weight is 949 g/mol. The SMILES string of the molecule is CC1C=C(c2nc(-c3cc(C4CCc5cc6ccccc6cc5-c5c4ccc4ccccc54)cc4oc5ccccc5c34)nc(-c3cccc4c3c3ccccc3n4-c3ccccc3)n2)C=CC1c1ccccc1. The Labute approximate surface area is 428 Å². The average Bonchev–Trinajstić information content (AvgIpc) is 3.96. The molecule has 0 radical (unpaired) electrons. The molecule has 3 aromatic heterocycles. The molecule has 2 aliphatic rings. The number of allylic oxidation sites excluding steroid dienone is 4. The van der Waals surface area contributed by atoms with Crippen LogP contribution in [-0.4, -0.2) is 19.5 Å². The number of rotatable bonds is 6. The third kappa shape index (κ3) is 6.80. The first-order valence-electron chi connectivity index (χ1n) is 25.9. The Morgan fingerprint density at radius 1 is 0.486 bits per heavy atom. The van der Waals surface area contributed by atoms with Gasteiger partial charge in [-0.05, 0) is 122 Å². The minimum atomic E-state index is 0.0416. The summed E-state index contributed by atoms with van der Waals surface area (Å²) in [6.07, 6.45) is 8.72. The van der Waals surface area contributed by atoms with Gasteiger partial charge in [0, 0.05) is 55.8 Å². The van der Waals surface area contributed by atoms with E-state index in [9.17, 15) is 0 Å². The van der Waals surface area contributed by atoms with Gasteiger partial charge in [0.05, 0.1) is 11.0 Å². The molecule has 0 aliphatic heterocycles. The molecule has 5 nitrogen and oxygen atoms in total. The van der Waals surface area contributed by atoms with E-state index in [0.717, 1.165) is 79.0 Å². The van der Waals surface area contributed by atoms with Crippen LogP contribution in [0, 0.1) is 5.92 Å². The first-order valence-corrected chi connectivity index (χ1v) is 25.9. The number of nitrogens with zero attached hydrogens (tertiary/aromatic N) is 4. The highest BCUT2D eigenvalue weighted by molar-refractivity contribution is 6.16. The Hall–Kier alpha value is -9.19. The van der Waals surface area contributed by atoms with E-state index in [4.69, 9.17) is 19.4 Å². The first-order chi connectivity index (χ1) is 36.6. The highest BCUT2D eigenvalue weighted by atomic mass is 16.3. The molecule has 0 amide bonds. The van der Waals surface area contributed by atoms with Crippen molar-refractivity contribution in [3.8, 4) is 39.6 Å². The molecule has 350 valence electrons. The summed E-state index contributed by atoms with van der Waals surface area (Å²) in [5.41, 5.74) is 15.6. The van der Waals surface area contributed by atoms with Gasteiger partial charge in [-0.1, -0.05) is 189 Å². The summed E-state index contributed by atoms with van der Waals surface area (Å²) in [5, 5.41) is 9.30. The molecule has 13 aromatic rings. The Kier molecular flexibility index (Phi) is 9.74. The van der Waals surface area contributed by atoms with Gasteiger partial charge >= 0.3 is 0 Å². The number of aryl methyl sites for hydroxylation is 1. The van der Waals surface area contributed by atoms with E-state index in [-0.39, 0.29) is 17.8 Å². The lowest BCUT2D eigenvalue weighted by molar-refractivity contribution is 0.637. The van der Waals surface area contributed by atoms with Crippen LogP contribution in [0.3, 0.4) is 0 Å². The second-order valence-electron chi connectivity index (χ2n) is 20.2. The second kappa shape index (κ2) is 17.0. The van der Waals surface area contributed by atoms with Crippen LogP contribution in [0.25, 0.3) is 110 Å². The molecule has 0 N–H and O–H groups in total. The standard InChI is InChI=1S/C69H48N4O/c1-42-37-48(33-34-51(42)43-17-4-2-5-18-43)67-70-68(57-27-16-29-61-65(57)55-25-12-14-28-60(55)73(61)50-22-6-3-7-23-50)72-69(71-67)59-40-49(41-63-66(59)56-26-13-15-30-62(56)74-63)52-35-32-47-38-45-20-8-9-21-46(45)39-58(47)64-53-24-11-10-19-44(53)31-36-54(52)64/h2-31,33-34,36-42,51-52H,32,35H2,1H3. The fourth-order valence-corrected chi connectivity index (χ4v) is 12.5. The molecule has 3 heterocycles.